The number of amides is 3. The Labute approximate surface area is 164 Å². The molecule has 0 aromatic heterocycles. The van der Waals surface area contributed by atoms with Gasteiger partial charge in [0.05, 0.1) is 0 Å². The maximum Gasteiger partial charge on any atom is 0.255 e. The summed E-state index contributed by atoms with van der Waals surface area (Å²) in [6.45, 7) is 4.52. The van der Waals surface area contributed by atoms with Gasteiger partial charge in [-0.1, -0.05) is 12.1 Å². The summed E-state index contributed by atoms with van der Waals surface area (Å²) in [5.74, 6) is 1.78. The average Bonchev–Trinajstić information content (AvgIpc) is 3.30. The highest BCUT2D eigenvalue weighted by Crippen LogP contribution is 2.49. The summed E-state index contributed by atoms with van der Waals surface area (Å²) in [7, 11) is 0. The van der Waals surface area contributed by atoms with Crippen LogP contribution >= 0.6 is 0 Å². The summed E-state index contributed by atoms with van der Waals surface area (Å²) in [5, 5.41) is 9.37. The van der Waals surface area contributed by atoms with Crippen molar-refractivity contribution in [3.05, 3.63) is 34.9 Å². The van der Waals surface area contributed by atoms with Crippen LogP contribution in [-0.4, -0.2) is 48.3 Å². The van der Waals surface area contributed by atoms with Crippen molar-refractivity contribution in [2.75, 3.05) is 19.6 Å². The van der Waals surface area contributed by atoms with E-state index < -0.39 is 6.04 Å². The number of hydrogen-bond acceptors (Lipinski definition) is 5. The van der Waals surface area contributed by atoms with Gasteiger partial charge in [-0.2, -0.15) is 0 Å². The van der Waals surface area contributed by atoms with Crippen molar-refractivity contribution in [3.8, 4) is 0 Å². The molecule has 3 aliphatic heterocycles. The van der Waals surface area contributed by atoms with Gasteiger partial charge in [0, 0.05) is 25.1 Å². The Morgan fingerprint density at radius 1 is 1.14 bits per heavy atom. The minimum absolute atomic E-state index is 0.106. The second-order valence-electron chi connectivity index (χ2n) is 8.51. The first-order chi connectivity index (χ1) is 13.6. The van der Waals surface area contributed by atoms with Crippen molar-refractivity contribution in [2.45, 2.75) is 38.4 Å². The van der Waals surface area contributed by atoms with Gasteiger partial charge >= 0.3 is 0 Å². The van der Waals surface area contributed by atoms with E-state index >= 15 is 0 Å². The number of fused-ring (bicyclic) bond motifs is 2. The van der Waals surface area contributed by atoms with Crippen molar-refractivity contribution < 1.29 is 14.4 Å². The van der Waals surface area contributed by atoms with Crippen LogP contribution in [0.15, 0.2) is 18.2 Å². The van der Waals surface area contributed by atoms with Gasteiger partial charge in [-0.25, -0.2) is 0 Å². The molecule has 148 valence electrons. The second-order valence-corrected chi connectivity index (χ2v) is 8.51. The Morgan fingerprint density at radius 3 is 2.82 bits per heavy atom. The van der Waals surface area contributed by atoms with E-state index in [9.17, 15) is 14.4 Å². The zero-order chi connectivity index (χ0) is 19.3. The predicted octanol–water partition coefficient (Wildman–Crippen LogP) is 0.393. The molecule has 7 nitrogen and oxygen atoms in total. The molecule has 1 aliphatic carbocycles. The number of carbonyl (C=O) groups excluding carboxylic acids is 3. The normalized spacial score (nSPS) is 31.4. The molecule has 2 saturated heterocycles. The topological polar surface area (TPSA) is 90.5 Å². The van der Waals surface area contributed by atoms with Crippen LogP contribution in [0.1, 0.15) is 40.7 Å². The average molecular weight is 382 g/mol. The van der Waals surface area contributed by atoms with Crippen LogP contribution in [0, 0.1) is 17.8 Å². The molecule has 1 aromatic carbocycles. The van der Waals surface area contributed by atoms with Gasteiger partial charge < -0.3 is 15.5 Å². The highest BCUT2D eigenvalue weighted by Gasteiger charge is 2.49. The van der Waals surface area contributed by atoms with Gasteiger partial charge in [-0.3, -0.25) is 19.7 Å². The maximum atomic E-state index is 12.9. The summed E-state index contributed by atoms with van der Waals surface area (Å²) in [6, 6.07) is 5.47. The fraction of sp³-hybridized carbons (Fsp3) is 0.571. The summed E-state index contributed by atoms with van der Waals surface area (Å²) < 4.78 is 0. The van der Waals surface area contributed by atoms with Crippen molar-refractivity contribution in [2.24, 2.45) is 17.8 Å². The molecule has 7 heteroatoms. The molecule has 1 aromatic rings. The van der Waals surface area contributed by atoms with E-state index in [-0.39, 0.29) is 24.1 Å². The van der Waals surface area contributed by atoms with Crippen molar-refractivity contribution in [3.63, 3.8) is 0 Å². The molecule has 0 radical (unpaired) electrons. The Hall–Kier alpha value is -2.25. The summed E-state index contributed by atoms with van der Waals surface area (Å²) in [5.41, 5.74) is 2.74. The monoisotopic (exact) mass is 382 g/mol. The lowest BCUT2D eigenvalue weighted by Gasteiger charge is -2.29. The Kier molecular flexibility index (Phi) is 4.44. The molecule has 3 fully saturated rings. The van der Waals surface area contributed by atoms with Crippen molar-refractivity contribution in [1.82, 2.24) is 20.9 Å². The molecule has 4 aliphatic rings. The van der Waals surface area contributed by atoms with E-state index in [1.54, 1.807) is 4.90 Å². The van der Waals surface area contributed by atoms with E-state index in [2.05, 4.69) is 22.0 Å². The first kappa shape index (κ1) is 17.8. The first-order valence-electron chi connectivity index (χ1n) is 10.3. The fourth-order valence-corrected chi connectivity index (χ4v) is 5.19. The minimum atomic E-state index is -0.550. The van der Waals surface area contributed by atoms with Crippen molar-refractivity contribution in [1.29, 1.82) is 0 Å². The van der Waals surface area contributed by atoms with Gasteiger partial charge in [-0.15, -0.1) is 0 Å². The number of benzene rings is 1. The van der Waals surface area contributed by atoms with E-state index in [0.29, 0.717) is 18.5 Å². The largest absolute Gasteiger partial charge is 0.322 e. The molecular formula is C21H26N4O3. The van der Waals surface area contributed by atoms with E-state index in [1.165, 1.54) is 6.42 Å². The van der Waals surface area contributed by atoms with Gasteiger partial charge in [-0.05, 0) is 67.4 Å². The van der Waals surface area contributed by atoms with Gasteiger partial charge in [0.1, 0.15) is 6.04 Å². The van der Waals surface area contributed by atoms with Gasteiger partial charge in [0.15, 0.2) is 0 Å². The van der Waals surface area contributed by atoms with Crippen LogP contribution in [-0.2, 0) is 22.7 Å². The summed E-state index contributed by atoms with van der Waals surface area (Å²) >= 11 is 0. The molecule has 3 amide bonds. The van der Waals surface area contributed by atoms with Crippen LogP contribution in [0.5, 0.6) is 0 Å². The molecule has 4 atom stereocenters. The third-order valence-electron chi connectivity index (χ3n) is 6.85. The van der Waals surface area contributed by atoms with Crippen LogP contribution in [0.4, 0.5) is 0 Å². The lowest BCUT2D eigenvalue weighted by molar-refractivity contribution is -0.136. The molecule has 3 heterocycles. The van der Waals surface area contributed by atoms with Crippen LogP contribution in [0.3, 0.4) is 0 Å². The maximum absolute atomic E-state index is 12.9. The smallest absolute Gasteiger partial charge is 0.255 e. The number of rotatable bonds is 5. The number of carbonyl (C=O) groups is 3. The van der Waals surface area contributed by atoms with E-state index in [1.807, 2.05) is 12.1 Å². The number of nitrogens with one attached hydrogen (secondary N) is 3. The molecule has 5 rings (SSSR count). The van der Waals surface area contributed by atoms with Crippen LogP contribution in [0.2, 0.25) is 0 Å². The lowest BCUT2D eigenvalue weighted by Crippen LogP contribution is -2.52. The Morgan fingerprint density at radius 2 is 2.04 bits per heavy atom. The van der Waals surface area contributed by atoms with Crippen molar-refractivity contribution >= 4 is 17.7 Å². The standard InChI is InChI=1S/C21H26N4O3/c26-19-4-3-18(20(27)24-19)25-11-13-2-1-12(7-15(13)21(25)28)8-23-10-17-14-5-6-22-9-16(14)17/h1-2,7,14,16-18,22-23H,3-6,8-11H2,(H,24,26,27). The zero-order valence-corrected chi connectivity index (χ0v) is 15.9. The highest BCUT2D eigenvalue weighted by molar-refractivity contribution is 6.05. The molecule has 3 N–H and O–H groups in total. The van der Waals surface area contributed by atoms with Crippen LogP contribution < -0.4 is 16.0 Å². The molecule has 28 heavy (non-hydrogen) atoms. The minimum Gasteiger partial charge on any atom is -0.322 e. The molecule has 1 saturated carbocycles. The summed E-state index contributed by atoms with van der Waals surface area (Å²) in [4.78, 5) is 38.0. The molecule has 0 bridgehead atoms. The molecule has 0 spiro atoms. The first-order valence-corrected chi connectivity index (χ1v) is 10.3. The van der Waals surface area contributed by atoms with E-state index in [4.69, 9.17) is 0 Å². The second kappa shape index (κ2) is 6.97. The van der Waals surface area contributed by atoms with Gasteiger partial charge in [0.25, 0.3) is 5.91 Å². The summed E-state index contributed by atoms with van der Waals surface area (Å²) in [6.07, 6.45) is 1.97. The number of piperidine rings is 2. The quantitative estimate of drug-likeness (QED) is 0.641. The third-order valence-corrected chi connectivity index (χ3v) is 6.85. The Bertz CT molecular complexity index is 827. The zero-order valence-electron chi connectivity index (χ0n) is 15.9. The molecular weight excluding hydrogens is 356 g/mol. The number of imide groups is 1. The van der Waals surface area contributed by atoms with Gasteiger partial charge in [0.2, 0.25) is 11.8 Å². The molecule has 4 unspecified atom stereocenters. The Balaban J connectivity index is 1.20. The number of hydrogen-bond donors (Lipinski definition) is 3. The number of nitrogens with zero attached hydrogens (tertiary/aromatic N) is 1. The van der Waals surface area contributed by atoms with Crippen LogP contribution in [0.25, 0.3) is 0 Å². The van der Waals surface area contributed by atoms with E-state index in [0.717, 1.165) is 55.1 Å². The SMILES string of the molecule is O=C1CCC(N2Cc3ccc(CNCC4C5CCNCC54)cc3C2=O)C(=O)N1. The highest BCUT2D eigenvalue weighted by atomic mass is 16.2. The predicted molar refractivity (Wildman–Crippen MR) is 102 cm³/mol. The lowest BCUT2D eigenvalue weighted by atomic mass is 10.0. The fourth-order valence-electron chi connectivity index (χ4n) is 5.19. The third kappa shape index (κ3) is 3.12.